The van der Waals surface area contributed by atoms with Crippen molar-refractivity contribution in [3.05, 3.63) is 39.8 Å². The molecule has 2 aromatic rings. The number of nitrogens with zero attached hydrogens (tertiary/aromatic N) is 1. The molecule has 0 aliphatic carbocycles. The minimum absolute atomic E-state index is 0.266. The van der Waals surface area contributed by atoms with Crippen molar-refractivity contribution in [2.24, 2.45) is 0 Å². The Hall–Kier alpha value is -1.85. The van der Waals surface area contributed by atoms with Gasteiger partial charge in [0, 0.05) is 0 Å². The lowest BCUT2D eigenvalue weighted by atomic mass is 10.0. The van der Waals surface area contributed by atoms with Crippen molar-refractivity contribution < 1.29 is 13.2 Å². The van der Waals surface area contributed by atoms with E-state index in [1.54, 1.807) is 18.2 Å². The van der Waals surface area contributed by atoms with Gasteiger partial charge in [0.1, 0.15) is 5.69 Å². The maximum atomic E-state index is 12.3. The summed E-state index contributed by atoms with van der Waals surface area (Å²) in [4.78, 5) is 17.8. The Bertz CT molecular complexity index is 659. The fraction of sp³-hybridized carbons (Fsp3) is 0.385. The molecule has 1 heterocycles. The summed E-state index contributed by atoms with van der Waals surface area (Å²) in [5.41, 5.74) is 0.530. The number of aromatic nitrogens is 2. The molecule has 1 N–H and O–H groups in total. The molecular weight excluding hydrogens is 257 g/mol. The van der Waals surface area contributed by atoms with Crippen LogP contribution in [0.4, 0.5) is 13.2 Å². The van der Waals surface area contributed by atoms with E-state index in [0.29, 0.717) is 11.0 Å². The average Bonchev–Trinajstić information content (AvgIpc) is 2.27. The Kier molecular flexibility index (Phi) is 3.34. The Labute approximate surface area is 107 Å². The number of fused-ring (bicyclic) bond motifs is 1. The molecule has 19 heavy (non-hydrogen) atoms. The Morgan fingerprint density at radius 3 is 2.58 bits per heavy atom. The molecule has 0 atom stereocenters. The third kappa shape index (κ3) is 3.13. The first kappa shape index (κ1) is 13.6. The van der Waals surface area contributed by atoms with Crippen molar-refractivity contribution in [3.63, 3.8) is 0 Å². The SMILES string of the molecule is CC(C)c1ccc2nc(CC(F)(F)F)c(=O)[nH]c2c1. The number of alkyl halides is 3. The molecule has 3 nitrogen and oxygen atoms in total. The van der Waals surface area contributed by atoms with E-state index >= 15 is 0 Å². The number of hydrogen-bond acceptors (Lipinski definition) is 2. The van der Waals surface area contributed by atoms with Gasteiger partial charge in [-0.2, -0.15) is 13.2 Å². The summed E-state index contributed by atoms with van der Waals surface area (Å²) in [7, 11) is 0. The lowest BCUT2D eigenvalue weighted by Gasteiger charge is -2.08. The quantitative estimate of drug-likeness (QED) is 0.911. The monoisotopic (exact) mass is 270 g/mol. The molecule has 0 unspecified atom stereocenters. The van der Waals surface area contributed by atoms with E-state index in [2.05, 4.69) is 9.97 Å². The van der Waals surface area contributed by atoms with E-state index in [1.165, 1.54) is 0 Å². The van der Waals surface area contributed by atoms with Crippen molar-refractivity contribution in [1.82, 2.24) is 9.97 Å². The Balaban J connectivity index is 2.52. The molecule has 102 valence electrons. The van der Waals surface area contributed by atoms with Crippen LogP contribution in [-0.2, 0) is 6.42 Å². The number of nitrogens with one attached hydrogen (secondary N) is 1. The van der Waals surface area contributed by atoms with Crippen molar-refractivity contribution in [1.29, 1.82) is 0 Å². The van der Waals surface area contributed by atoms with Crippen molar-refractivity contribution in [3.8, 4) is 0 Å². The highest BCUT2D eigenvalue weighted by Crippen LogP contribution is 2.21. The zero-order chi connectivity index (χ0) is 14.2. The van der Waals surface area contributed by atoms with Crippen LogP contribution in [0.1, 0.15) is 31.0 Å². The van der Waals surface area contributed by atoms with E-state index in [0.717, 1.165) is 5.56 Å². The average molecular weight is 270 g/mol. The first-order valence-electron chi connectivity index (χ1n) is 5.86. The summed E-state index contributed by atoms with van der Waals surface area (Å²) in [5, 5.41) is 0. The number of rotatable bonds is 2. The van der Waals surface area contributed by atoms with Crippen LogP contribution in [0.3, 0.4) is 0 Å². The Morgan fingerprint density at radius 1 is 1.32 bits per heavy atom. The minimum Gasteiger partial charge on any atom is -0.319 e. The summed E-state index contributed by atoms with van der Waals surface area (Å²) in [6.45, 7) is 3.98. The maximum Gasteiger partial charge on any atom is 0.394 e. The number of hydrogen-bond donors (Lipinski definition) is 1. The number of aromatic amines is 1. The Morgan fingerprint density at radius 2 is 2.00 bits per heavy atom. The molecule has 1 aromatic carbocycles. The van der Waals surface area contributed by atoms with Crippen molar-refractivity contribution in [2.75, 3.05) is 0 Å². The molecule has 0 saturated carbocycles. The lowest BCUT2D eigenvalue weighted by molar-refractivity contribution is -0.128. The molecular formula is C13H13F3N2O. The van der Waals surface area contributed by atoms with Gasteiger partial charge in [-0.15, -0.1) is 0 Å². The lowest BCUT2D eigenvalue weighted by Crippen LogP contribution is -2.22. The van der Waals surface area contributed by atoms with Gasteiger partial charge in [0.05, 0.1) is 17.5 Å². The highest BCUT2D eigenvalue weighted by Gasteiger charge is 2.30. The van der Waals surface area contributed by atoms with Gasteiger partial charge in [0.25, 0.3) is 5.56 Å². The molecule has 0 amide bonds. The van der Waals surface area contributed by atoms with E-state index < -0.39 is 23.9 Å². The van der Waals surface area contributed by atoms with Crippen molar-refractivity contribution >= 4 is 11.0 Å². The minimum atomic E-state index is -4.44. The van der Waals surface area contributed by atoms with Gasteiger partial charge in [0.2, 0.25) is 0 Å². The molecule has 2 rings (SSSR count). The van der Waals surface area contributed by atoms with Crippen LogP contribution in [0.5, 0.6) is 0 Å². The third-order valence-corrected chi connectivity index (χ3v) is 2.82. The van der Waals surface area contributed by atoms with Crippen LogP contribution in [0.15, 0.2) is 23.0 Å². The van der Waals surface area contributed by atoms with Gasteiger partial charge in [-0.1, -0.05) is 19.9 Å². The van der Waals surface area contributed by atoms with Crippen LogP contribution >= 0.6 is 0 Å². The standard InChI is InChI=1S/C13H13F3N2O/c1-7(2)8-3-4-9-10(5-8)18-12(19)11(17-9)6-13(14,15)16/h3-5,7H,6H2,1-2H3,(H,18,19). The zero-order valence-corrected chi connectivity index (χ0v) is 10.5. The van der Waals surface area contributed by atoms with Gasteiger partial charge >= 0.3 is 6.18 Å². The smallest absolute Gasteiger partial charge is 0.319 e. The molecule has 0 spiro atoms. The van der Waals surface area contributed by atoms with E-state index in [-0.39, 0.29) is 5.92 Å². The van der Waals surface area contributed by atoms with Crippen LogP contribution in [0, 0.1) is 0 Å². The van der Waals surface area contributed by atoms with Crippen LogP contribution in [0.2, 0.25) is 0 Å². The topological polar surface area (TPSA) is 45.8 Å². The fourth-order valence-electron chi connectivity index (χ4n) is 1.81. The highest BCUT2D eigenvalue weighted by atomic mass is 19.4. The zero-order valence-electron chi connectivity index (χ0n) is 10.5. The normalized spacial score (nSPS) is 12.3. The first-order valence-corrected chi connectivity index (χ1v) is 5.86. The van der Waals surface area contributed by atoms with Gasteiger partial charge < -0.3 is 4.98 Å². The predicted molar refractivity (Wildman–Crippen MR) is 66.2 cm³/mol. The fourth-order valence-corrected chi connectivity index (χ4v) is 1.81. The molecule has 0 aliphatic rings. The maximum absolute atomic E-state index is 12.3. The van der Waals surface area contributed by atoms with Gasteiger partial charge in [-0.05, 0) is 23.6 Å². The van der Waals surface area contributed by atoms with Gasteiger partial charge in [-0.25, -0.2) is 4.98 Å². The summed E-state index contributed by atoms with van der Waals surface area (Å²) in [6, 6.07) is 5.17. The predicted octanol–water partition coefficient (Wildman–Crippen LogP) is 3.15. The number of H-pyrrole nitrogens is 1. The van der Waals surface area contributed by atoms with Crippen LogP contribution in [0.25, 0.3) is 11.0 Å². The molecule has 6 heteroatoms. The summed E-state index contributed by atoms with van der Waals surface area (Å²) < 4.78 is 36.9. The molecule has 1 aromatic heterocycles. The van der Waals surface area contributed by atoms with Crippen LogP contribution in [-0.4, -0.2) is 16.1 Å². The van der Waals surface area contributed by atoms with Crippen molar-refractivity contribution in [2.45, 2.75) is 32.4 Å². The van der Waals surface area contributed by atoms with E-state index in [9.17, 15) is 18.0 Å². The first-order chi connectivity index (χ1) is 8.76. The van der Waals surface area contributed by atoms with Crippen LogP contribution < -0.4 is 5.56 Å². The van der Waals surface area contributed by atoms with Gasteiger partial charge in [-0.3, -0.25) is 4.79 Å². The molecule has 0 fully saturated rings. The summed E-state index contributed by atoms with van der Waals surface area (Å²) in [6.07, 6.45) is -5.75. The third-order valence-electron chi connectivity index (χ3n) is 2.82. The molecule has 0 saturated heterocycles. The molecule has 0 bridgehead atoms. The summed E-state index contributed by atoms with van der Waals surface area (Å²) >= 11 is 0. The largest absolute Gasteiger partial charge is 0.394 e. The second kappa shape index (κ2) is 4.68. The summed E-state index contributed by atoms with van der Waals surface area (Å²) in [5.74, 6) is 0.266. The molecule has 0 radical (unpaired) electrons. The number of halogens is 3. The second-order valence-corrected chi connectivity index (χ2v) is 4.74. The second-order valence-electron chi connectivity index (χ2n) is 4.74. The highest BCUT2D eigenvalue weighted by molar-refractivity contribution is 5.75. The van der Waals surface area contributed by atoms with E-state index in [1.807, 2.05) is 13.8 Å². The van der Waals surface area contributed by atoms with E-state index in [4.69, 9.17) is 0 Å². The number of benzene rings is 1. The van der Waals surface area contributed by atoms with Gasteiger partial charge in [0.15, 0.2) is 0 Å². The molecule has 0 aliphatic heterocycles.